The van der Waals surface area contributed by atoms with Crippen LogP contribution >= 0.6 is 0 Å². The van der Waals surface area contributed by atoms with Crippen molar-refractivity contribution >= 4 is 27.5 Å². The molecule has 230 valence electrons. The van der Waals surface area contributed by atoms with Crippen molar-refractivity contribution in [1.29, 1.82) is 0 Å². The molecular weight excluding hydrogens is 574 g/mol. The second-order valence-electron chi connectivity index (χ2n) is 10.5. The highest BCUT2D eigenvalue weighted by atomic mass is 32.2. The van der Waals surface area contributed by atoms with E-state index in [1.165, 1.54) is 24.1 Å². The van der Waals surface area contributed by atoms with E-state index in [0.717, 1.165) is 27.4 Å². The van der Waals surface area contributed by atoms with Gasteiger partial charge in [0, 0.05) is 19.5 Å². The molecule has 4 aromatic carbocycles. The lowest BCUT2D eigenvalue weighted by Gasteiger charge is -2.34. The number of aryl methyl sites for hydroxylation is 1. The third kappa shape index (κ3) is 8.26. The van der Waals surface area contributed by atoms with Gasteiger partial charge in [-0.15, -0.1) is 0 Å². The smallest absolute Gasteiger partial charge is 0.264 e. The molecule has 1 N–H and O–H groups in total. The highest BCUT2D eigenvalue weighted by Gasteiger charge is 2.34. The topological polar surface area (TPSA) is 96.0 Å². The standard InChI is InChI=1S/C35H39N3O5S/c1-4-23-36-35(40)33(24-28-11-7-5-8-12-28)37(25-29-17-15-27(2)16-18-29)34(39)26-38(30-13-9-6-10-14-30)44(41,42)32-21-19-31(43-3)20-22-32/h5-22,33H,4,23-26H2,1-3H3,(H,36,40). The molecule has 1 unspecified atom stereocenters. The zero-order valence-corrected chi connectivity index (χ0v) is 26.2. The lowest BCUT2D eigenvalue weighted by atomic mass is 10.0. The highest BCUT2D eigenvalue weighted by Crippen LogP contribution is 2.26. The normalized spacial score (nSPS) is 11.8. The quantitative estimate of drug-likeness (QED) is 0.207. The first-order chi connectivity index (χ1) is 21.2. The van der Waals surface area contributed by atoms with Gasteiger partial charge >= 0.3 is 0 Å². The summed E-state index contributed by atoms with van der Waals surface area (Å²) >= 11 is 0. The minimum Gasteiger partial charge on any atom is -0.497 e. The van der Waals surface area contributed by atoms with Gasteiger partial charge in [0.2, 0.25) is 11.8 Å². The second-order valence-corrected chi connectivity index (χ2v) is 12.4. The Morgan fingerprint density at radius 1 is 0.818 bits per heavy atom. The molecule has 2 amide bonds. The van der Waals surface area contributed by atoms with Crippen molar-refractivity contribution in [1.82, 2.24) is 10.2 Å². The fraction of sp³-hybridized carbons (Fsp3) is 0.257. The van der Waals surface area contributed by atoms with Crippen molar-refractivity contribution in [3.05, 3.63) is 126 Å². The fourth-order valence-electron chi connectivity index (χ4n) is 4.81. The zero-order valence-electron chi connectivity index (χ0n) is 25.3. The molecular formula is C35H39N3O5S. The molecule has 0 aliphatic carbocycles. The maximum Gasteiger partial charge on any atom is 0.264 e. The summed E-state index contributed by atoms with van der Waals surface area (Å²) in [5.41, 5.74) is 3.11. The molecule has 0 radical (unpaired) electrons. The van der Waals surface area contributed by atoms with E-state index in [0.29, 0.717) is 18.0 Å². The first-order valence-electron chi connectivity index (χ1n) is 14.6. The number of carbonyl (C=O) groups is 2. The average molecular weight is 614 g/mol. The highest BCUT2D eigenvalue weighted by molar-refractivity contribution is 7.92. The van der Waals surface area contributed by atoms with Gasteiger partial charge in [-0.25, -0.2) is 8.42 Å². The molecule has 8 nitrogen and oxygen atoms in total. The number of sulfonamides is 1. The van der Waals surface area contributed by atoms with Crippen molar-refractivity contribution < 1.29 is 22.7 Å². The van der Waals surface area contributed by atoms with Gasteiger partial charge in [0.05, 0.1) is 17.7 Å². The summed E-state index contributed by atoms with van der Waals surface area (Å²) < 4.78 is 34.4. The maximum atomic E-state index is 14.4. The van der Waals surface area contributed by atoms with Crippen LogP contribution in [0.2, 0.25) is 0 Å². The van der Waals surface area contributed by atoms with E-state index in [-0.39, 0.29) is 23.8 Å². The van der Waals surface area contributed by atoms with Gasteiger partial charge in [-0.2, -0.15) is 0 Å². The van der Waals surface area contributed by atoms with Gasteiger partial charge in [0.1, 0.15) is 18.3 Å². The Hall–Kier alpha value is -4.63. The van der Waals surface area contributed by atoms with E-state index in [1.54, 1.807) is 42.5 Å². The van der Waals surface area contributed by atoms with Crippen molar-refractivity contribution in [2.45, 2.75) is 44.2 Å². The third-order valence-corrected chi connectivity index (χ3v) is 9.05. The zero-order chi connectivity index (χ0) is 31.5. The van der Waals surface area contributed by atoms with Crippen LogP contribution in [0.1, 0.15) is 30.0 Å². The number of amides is 2. The Balaban J connectivity index is 1.77. The molecule has 4 aromatic rings. The number of carbonyl (C=O) groups excluding carboxylic acids is 2. The minimum atomic E-state index is -4.18. The monoisotopic (exact) mass is 613 g/mol. The van der Waals surface area contributed by atoms with Gasteiger partial charge in [0.15, 0.2) is 0 Å². The van der Waals surface area contributed by atoms with Crippen LogP contribution < -0.4 is 14.4 Å². The third-order valence-electron chi connectivity index (χ3n) is 7.26. The number of para-hydroxylation sites is 1. The maximum absolute atomic E-state index is 14.4. The SMILES string of the molecule is CCCNC(=O)C(Cc1ccccc1)N(Cc1ccc(C)cc1)C(=O)CN(c1ccccc1)S(=O)(=O)c1ccc(OC)cc1. The largest absolute Gasteiger partial charge is 0.497 e. The number of hydrogen-bond donors (Lipinski definition) is 1. The minimum absolute atomic E-state index is 0.0153. The van der Waals surface area contributed by atoms with Crippen LogP contribution in [-0.2, 0) is 32.6 Å². The summed E-state index contributed by atoms with van der Waals surface area (Å²) in [5, 5.41) is 2.96. The summed E-state index contributed by atoms with van der Waals surface area (Å²) in [4.78, 5) is 29.6. The van der Waals surface area contributed by atoms with Gasteiger partial charge in [-0.3, -0.25) is 13.9 Å². The summed E-state index contributed by atoms with van der Waals surface area (Å²) in [6, 6.07) is 30.9. The number of benzene rings is 4. The average Bonchev–Trinajstić information content (AvgIpc) is 3.05. The summed E-state index contributed by atoms with van der Waals surface area (Å²) in [6.07, 6.45) is 1.00. The molecule has 0 fully saturated rings. The van der Waals surface area contributed by atoms with Gasteiger partial charge < -0.3 is 15.0 Å². The summed E-state index contributed by atoms with van der Waals surface area (Å²) in [6.45, 7) is 4.02. The van der Waals surface area contributed by atoms with E-state index < -0.39 is 28.5 Å². The number of nitrogens with zero attached hydrogens (tertiary/aromatic N) is 2. The number of anilines is 1. The molecule has 9 heteroatoms. The Kier molecular flexibility index (Phi) is 11.2. The second kappa shape index (κ2) is 15.2. The van der Waals surface area contributed by atoms with Crippen LogP contribution in [0.3, 0.4) is 0 Å². The van der Waals surface area contributed by atoms with Crippen LogP contribution in [0, 0.1) is 6.92 Å². The summed E-state index contributed by atoms with van der Waals surface area (Å²) in [5.74, 6) is -0.281. The van der Waals surface area contributed by atoms with E-state index in [9.17, 15) is 18.0 Å². The molecule has 0 heterocycles. The molecule has 0 spiro atoms. The molecule has 0 saturated heterocycles. The van der Waals surface area contributed by atoms with Crippen molar-refractivity contribution in [2.75, 3.05) is 24.5 Å². The molecule has 0 bridgehead atoms. The number of methoxy groups -OCH3 is 1. The number of hydrogen-bond acceptors (Lipinski definition) is 5. The van der Waals surface area contributed by atoms with Crippen molar-refractivity contribution in [3.8, 4) is 5.75 Å². The van der Waals surface area contributed by atoms with Crippen LogP contribution in [0.25, 0.3) is 0 Å². The molecule has 0 saturated carbocycles. The molecule has 0 aliphatic rings. The lowest BCUT2D eigenvalue weighted by Crippen LogP contribution is -2.53. The Labute approximate surface area is 260 Å². The number of nitrogens with one attached hydrogen (secondary N) is 1. The van der Waals surface area contributed by atoms with E-state index in [2.05, 4.69) is 5.32 Å². The van der Waals surface area contributed by atoms with Crippen molar-refractivity contribution in [3.63, 3.8) is 0 Å². The predicted molar refractivity (Wildman–Crippen MR) is 173 cm³/mol. The molecule has 0 aliphatic heterocycles. The molecule has 44 heavy (non-hydrogen) atoms. The fourth-order valence-corrected chi connectivity index (χ4v) is 6.22. The van der Waals surface area contributed by atoms with Crippen molar-refractivity contribution in [2.24, 2.45) is 0 Å². The van der Waals surface area contributed by atoms with Gasteiger partial charge in [-0.1, -0.05) is 85.3 Å². The predicted octanol–water partition coefficient (Wildman–Crippen LogP) is 5.37. The summed E-state index contributed by atoms with van der Waals surface area (Å²) in [7, 11) is -2.67. The van der Waals surface area contributed by atoms with Crippen LogP contribution in [0.5, 0.6) is 5.75 Å². The number of rotatable bonds is 14. The Morgan fingerprint density at radius 2 is 1.43 bits per heavy atom. The van der Waals surface area contributed by atoms with E-state index in [4.69, 9.17) is 4.74 Å². The number of ether oxygens (including phenoxy) is 1. The Morgan fingerprint density at radius 3 is 2.02 bits per heavy atom. The van der Waals surface area contributed by atoms with Crippen LogP contribution in [-0.4, -0.2) is 51.4 Å². The first-order valence-corrected chi connectivity index (χ1v) is 16.1. The Bertz CT molecular complexity index is 1610. The van der Waals surface area contributed by atoms with E-state index in [1.807, 2.05) is 68.4 Å². The van der Waals surface area contributed by atoms with E-state index >= 15 is 0 Å². The molecule has 0 aromatic heterocycles. The lowest BCUT2D eigenvalue weighted by molar-refractivity contribution is -0.140. The van der Waals surface area contributed by atoms with Crippen LogP contribution in [0.4, 0.5) is 5.69 Å². The first kappa shape index (κ1) is 32.3. The van der Waals surface area contributed by atoms with Crippen LogP contribution in [0.15, 0.2) is 114 Å². The van der Waals surface area contributed by atoms with Gasteiger partial charge in [-0.05, 0) is 60.9 Å². The van der Waals surface area contributed by atoms with Gasteiger partial charge in [0.25, 0.3) is 10.0 Å². The molecule has 4 rings (SSSR count). The molecule has 1 atom stereocenters.